The number of amides is 1. The van der Waals surface area contributed by atoms with Crippen molar-refractivity contribution in [3.8, 4) is 5.75 Å². The van der Waals surface area contributed by atoms with Gasteiger partial charge in [-0.05, 0) is 44.0 Å². The Bertz CT molecular complexity index is 392. The van der Waals surface area contributed by atoms with Crippen LogP contribution in [0.5, 0.6) is 5.75 Å². The van der Waals surface area contributed by atoms with Crippen LogP contribution in [0.3, 0.4) is 0 Å². The number of carbonyl (C=O) groups excluding carboxylic acids is 1. The van der Waals surface area contributed by atoms with Crippen LogP contribution in [0.25, 0.3) is 0 Å². The Kier molecular flexibility index (Phi) is 5.25. The summed E-state index contributed by atoms with van der Waals surface area (Å²) in [5, 5.41) is 3.15. The second kappa shape index (κ2) is 7.17. The van der Waals surface area contributed by atoms with Crippen LogP contribution in [0.4, 0.5) is 0 Å². The minimum atomic E-state index is 0.0370. The maximum atomic E-state index is 12.1. The average Bonchev–Trinajstić information content (AvgIpc) is 2.68. The number of rotatable bonds is 4. The third-order valence-corrected chi connectivity index (χ3v) is 3.62. The zero-order valence-corrected chi connectivity index (χ0v) is 11.7. The van der Waals surface area contributed by atoms with Gasteiger partial charge < -0.3 is 10.1 Å². The van der Waals surface area contributed by atoms with Gasteiger partial charge in [0.25, 0.3) is 5.91 Å². The van der Waals surface area contributed by atoms with Crippen molar-refractivity contribution in [3.05, 3.63) is 29.8 Å². The van der Waals surface area contributed by atoms with Crippen molar-refractivity contribution < 1.29 is 9.53 Å². The maximum absolute atomic E-state index is 12.1. The molecule has 1 N–H and O–H groups in total. The van der Waals surface area contributed by atoms with Crippen LogP contribution in [0.2, 0.25) is 0 Å². The van der Waals surface area contributed by atoms with Crippen LogP contribution in [-0.4, -0.2) is 18.6 Å². The van der Waals surface area contributed by atoms with Crippen molar-refractivity contribution >= 4 is 5.91 Å². The number of nitrogens with one attached hydrogen (secondary N) is 1. The zero-order valence-electron chi connectivity index (χ0n) is 11.7. The highest BCUT2D eigenvalue weighted by Crippen LogP contribution is 2.18. The first-order chi connectivity index (χ1) is 9.29. The molecule has 1 aromatic carbocycles. The summed E-state index contributed by atoms with van der Waals surface area (Å²) in [6.45, 7) is 2.60. The van der Waals surface area contributed by atoms with Gasteiger partial charge in [-0.25, -0.2) is 0 Å². The molecule has 0 heterocycles. The molecule has 19 heavy (non-hydrogen) atoms. The fourth-order valence-corrected chi connectivity index (χ4v) is 2.56. The molecule has 0 radical (unpaired) electrons. The molecule has 1 fully saturated rings. The van der Waals surface area contributed by atoms with Crippen LogP contribution in [-0.2, 0) is 0 Å². The molecule has 0 aromatic heterocycles. The molecule has 104 valence electrons. The van der Waals surface area contributed by atoms with Crippen LogP contribution >= 0.6 is 0 Å². The van der Waals surface area contributed by atoms with E-state index in [0.29, 0.717) is 18.2 Å². The van der Waals surface area contributed by atoms with E-state index in [4.69, 9.17) is 4.74 Å². The maximum Gasteiger partial charge on any atom is 0.251 e. The van der Waals surface area contributed by atoms with E-state index in [1.54, 1.807) is 0 Å². The van der Waals surface area contributed by atoms with Crippen molar-refractivity contribution in [2.24, 2.45) is 0 Å². The van der Waals surface area contributed by atoms with E-state index in [2.05, 4.69) is 5.32 Å². The van der Waals surface area contributed by atoms with E-state index in [9.17, 15) is 4.79 Å². The Hall–Kier alpha value is -1.51. The predicted octanol–water partition coefficient (Wildman–Crippen LogP) is 3.54. The van der Waals surface area contributed by atoms with Gasteiger partial charge in [-0.1, -0.05) is 25.7 Å². The highest BCUT2D eigenvalue weighted by molar-refractivity contribution is 5.94. The van der Waals surface area contributed by atoms with Crippen molar-refractivity contribution in [3.63, 3.8) is 0 Å². The summed E-state index contributed by atoms with van der Waals surface area (Å²) in [5.74, 6) is 0.850. The Morgan fingerprint density at radius 1 is 1.16 bits per heavy atom. The topological polar surface area (TPSA) is 38.3 Å². The molecule has 1 amide bonds. The molecule has 1 aromatic rings. The Morgan fingerprint density at radius 2 is 1.79 bits per heavy atom. The normalized spacial score (nSPS) is 16.7. The molecule has 0 aliphatic heterocycles. The molecule has 3 nitrogen and oxygen atoms in total. The third-order valence-electron chi connectivity index (χ3n) is 3.62. The van der Waals surface area contributed by atoms with Gasteiger partial charge in [-0.2, -0.15) is 0 Å². The summed E-state index contributed by atoms with van der Waals surface area (Å²) in [6, 6.07) is 7.71. The van der Waals surface area contributed by atoms with Crippen LogP contribution in [0.15, 0.2) is 24.3 Å². The van der Waals surface area contributed by atoms with Crippen molar-refractivity contribution in [2.75, 3.05) is 6.61 Å². The molecule has 1 aliphatic rings. The first-order valence-corrected chi connectivity index (χ1v) is 7.33. The third kappa shape index (κ3) is 4.27. The quantitative estimate of drug-likeness (QED) is 0.842. The number of hydrogen-bond donors (Lipinski definition) is 1. The predicted molar refractivity (Wildman–Crippen MR) is 76.6 cm³/mol. The van der Waals surface area contributed by atoms with E-state index in [1.165, 1.54) is 25.7 Å². The van der Waals surface area contributed by atoms with Crippen LogP contribution in [0.1, 0.15) is 55.8 Å². The van der Waals surface area contributed by atoms with E-state index in [0.717, 1.165) is 18.6 Å². The summed E-state index contributed by atoms with van der Waals surface area (Å²) in [6.07, 6.45) is 7.29. The standard InChI is InChI=1S/C16H23NO2/c1-2-19-15-11-9-13(10-12-15)16(18)17-14-7-5-3-4-6-8-14/h9-12,14H,2-8H2,1H3,(H,17,18). The molecule has 1 saturated carbocycles. The molecule has 1 aliphatic carbocycles. The van der Waals surface area contributed by atoms with Gasteiger partial charge in [0.2, 0.25) is 0 Å². The Morgan fingerprint density at radius 3 is 2.37 bits per heavy atom. The lowest BCUT2D eigenvalue weighted by molar-refractivity contribution is 0.0933. The summed E-state index contributed by atoms with van der Waals surface area (Å²) in [7, 11) is 0. The van der Waals surface area contributed by atoms with Gasteiger partial charge in [0, 0.05) is 11.6 Å². The smallest absolute Gasteiger partial charge is 0.251 e. The summed E-state index contributed by atoms with van der Waals surface area (Å²) >= 11 is 0. The average molecular weight is 261 g/mol. The highest BCUT2D eigenvalue weighted by atomic mass is 16.5. The van der Waals surface area contributed by atoms with E-state index >= 15 is 0 Å². The van der Waals surface area contributed by atoms with Gasteiger partial charge >= 0.3 is 0 Å². The molecular formula is C16H23NO2. The summed E-state index contributed by atoms with van der Waals surface area (Å²) in [4.78, 5) is 12.1. The highest BCUT2D eigenvalue weighted by Gasteiger charge is 2.15. The first-order valence-electron chi connectivity index (χ1n) is 7.33. The van der Waals surface area contributed by atoms with E-state index in [1.807, 2.05) is 31.2 Å². The summed E-state index contributed by atoms with van der Waals surface area (Å²) < 4.78 is 5.38. The monoisotopic (exact) mass is 261 g/mol. The lowest BCUT2D eigenvalue weighted by atomic mass is 10.1. The lowest BCUT2D eigenvalue weighted by Crippen LogP contribution is -2.34. The molecular weight excluding hydrogens is 238 g/mol. The number of hydrogen-bond acceptors (Lipinski definition) is 2. The minimum Gasteiger partial charge on any atom is -0.494 e. The SMILES string of the molecule is CCOc1ccc(C(=O)NC2CCCCCC2)cc1. The largest absolute Gasteiger partial charge is 0.494 e. The first kappa shape index (κ1) is 13.9. The number of benzene rings is 1. The fraction of sp³-hybridized carbons (Fsp3) is 0.562. The van der Waals surface area contributed by atoms with Crippen LogP contribution in [0, 0.1) is 0 Å². The molecule has 3 heteroatoms. The fourth-order valence-electron chi connectivity index (χ4n) is 2.56. The van der Waals surface area contributed by atoms with Crippen LogP contribution < -0.4 is 10.1 Å². The molecule has 0 spiro atoms. The molecule has 0 bridgehead atoms. The van der Waals surface area contributed by atoms with E-state index < -0.39 is 0 Å². The molecule has 0 saturated heterocycles. The molecule has 2 rings (SSSR count). The van der Waals surface area contributed by atoms with Gasteiger partial charge in [0.1, 0.15) is 5.75 Å². The van der Waals surface area contributed by atoms with Gasteiger partial charge in [-0.3, -0.25) is 4.79 Å². The number of carbonyl (C=O) groups is 1. The molecule has 0 atom stereocenters. The second-order valence-electron chi connectivity index (χ2n) is 5.12. The minimum absolute atomic E-state index is 0.0370. The number of ether oxygens (including phenoxy) is 1. The van der Waals surface area contributed by atoms with Gasteiger partial charge in [0.15, 0.2) is 0 Å². The molecule has 0 unspecified atom stereocenters. The van der Waals surface area contributed by atoms with E-state index in [-0.39, 0.29) is 5.91 Å². The van der Waals surface area contributed by atoms with Gasteiger partial charge in [-0.15, -0.1) is 0 Å². The lowest BCUT2D eigenvalue weighted by Gasteiger charge is -2.16. The second-order valence-corrected chi connectivity index (χ2v) is 5.12. The Labute approximate surface area is 115 Å². The summed E-state index contributed by atoms with van der Waals surface area (Å²) in [5.41, 5.74) is 0.715. The van der Waals surface area contributed by atoms with Crippen molar-refractivity contribution in [1.29, 1.82) is 0 Å². The Balaban J connectivity index is 1.91. The van der Waals surface area contributed by atoms with Gasteiger partial charge in [0.05, 0.1) is 6.61 Å². The zero-order chi connectivity index (χ0) is 13.5. The van der Waals surface area contributed by atoms with Crippen molar-refractivity contribution in [1.82, 2.24) is 5.32 Å². The van der Waals surface area contributed by atoms with Crippen molar-refractivity contribution in [2.45, 2.75) is 51.5 Å².